The Bertz CT molecular complexity index is 912. The molecule has 0 fully saturated rings. The predicted octanol–water partition coefficient (Wildman–Crippen LogP) is 3.87. The van der Waals surface area contributed by atoms with Crippen molar-refractivity contribution in [2.45, 2.75) is 25.7 Å². The highest BCUT2D eigenvalue weighted by Crippen LogP contribution is 2.40. The van der Waals surface area contributed by atoms with E-state index in [2.05, 4.69) is 11.1 Å². The number of phenols is 1. The van der Waals surface area contributed by atoms with E-state index in [9.17, 15) is 20.5 Å². The van der Waals surface area contributed by atoms with E-state index in [1.165, 1.54) is 35.6 Å². The minimum Gasteiger partial charge on any atom is -0.504 e. The molecule has 0 amide bonds. The van der Waals surface area contributed by atoms with E-state index in [0.29, 0.717) is 10.6 Å². The van der Waals surface area contributed by atoms with Crippen LogP contribution >= 0.6 is 11.3 Å². The van der Waals surface area contributed by atoms with E-state index in [0.717, 1.165) is 37.3 Å². The first-order chi connectivity index (χ1) is 12.0. The Morgan fingerprint density at radius 1 is 1.44 bits per heavy atom. The number of nitriles is 1. The molecule has 128 valence electrons. The third-order valence-corrected chi connectivity index (χ3v) is 5.31. The number of aliphatic imine (C=N–C) groups is 1. The van der Waals surface area contributed by atoms with Gasteiger partial charge >= 0.3 is 0 Å². The van der Waals surface area contributed by atoms with E-state index in [-0.39, 0.29) is 22.7 Å². The van der Waals surface area contributed by atoms with Crippen molar-refractivity contribution in [3.63, 3.8) is 0 Å². The Labute approximate surface area is 148 Å². The predicted molar refractivity (Wildman–Crippen MR) is 94.2 cm³/mol. The maximum atomic E-state index is 11.2. The van der Waals surface area contributed by atoms with Gasteiger partial charge in [0.15, 0.2) is 11.5 Å². The molecule has 0 saturated carbocycles. The number of nitro benzene ring substituents is 1. The second-order valence-corrected chi connectivity index (χ2v) is 6.68. The number of nitrogens with zero attached hydrogens (tertiary/aromatic N) is 3. The quantitative estimate of drug-likeness (QED) is 0.507. The number of rotatable bonds is 4. The van der Waals surface area contributed by atoms with Crippen molar-refractivity contribution in [2.75, 3.05) is 7.11 Å². The van der Waals surface area contributed by atoms with Crippen LogP contribution in [0.2, 0.25) is 0 Å². The van der Waals surface area contributed by atoms with Crippen molar-refractivity contribution < 1.29 is 14.8 Å². The maximum absolute atomic E-state index is 11.2. The third kappa shape index (κ3) is 3.19. The molecule has 0 radical (unpaired) electrons. The molecule has 1 aliphatic rings. The summed E-state index contributed by atoms with van der Waals surface area (Å²) in [5.41, 5.74) is 1.55. The lowest BCUT2D eigenvalue weighted by Gasteiger charge is -2.09. The van der Waals surface area contributed by atoms with E-state index < -0.39 is 4.92 Å². The Morgan fingerprint density at radius 2 is 2.20 bits per heavy atom. The summed E-state index contributed by atoms with van der Waals surface area (Å²) in [7, 11) is 1.36. The lowest BCUT2D eigenvalue weighted by molar-refractivity contribution is -0.385. The van der Waals surface area contributed by atoms with Gasteiger partial charge in [0, 0.05) is 11.1 Å². The summed E-state index contributed by atoms with van der Waals surface area (Å²) >= 11 is 1.46. The van der Waals surface area contributed by atoms with Crippen LogP contribution in [0.1, 0.15) is 34.4 Å². The number of thiophene rings is 1. The zero-order chi connectivity index (χ0) is 18.0. The molecule has 0 saturated heterocycles. The molecule has 25 heavy (non-hydrogen) atoms. The molecule has 8 heteroatoms. The molecule has 0 bridgehead atoms. The minimum atomic E-state index is -0.592. The highest BCUT2D eigenvalue weighted by molar-refractivity contribution is 7.16. The first-order valence-corrected chi connectivity index (χ1v) is 8.51. The maximum Gasteiger partial charge on any atom is 0.282 e. The summed E-state index contributed by atoms with van der Waals surface area (Å²) in [5.74, 6) is -0.186. The van der Waals surface area contributed by atoms with Gasteiger partial charge in [-0.05, 0) is 37.3 Å². The van der Waals surface area contributed by atoms with Crippen LogP contribution in [0, 0.1) is 21.4 Å². The van der Waals surface area contributed by atoms with E-state index in [1.54, 1.807) is 0 Å². The standard InChI is InChI=1S/C17H15N3O4S/c1-24-15-6-10(13(20(22)23)7-14(15)21)9-19-17-12(8-18)11-4-2-3-5-16(11)25-17/h6-7,9,21H,2-5H2,1H3. The van der Waals surface area contributed by atoms with Crippen molar-refractivity contribution in [1.29, 1.82) is 5.26 Å². The van der Waals surface area contributed by atoms with E-state index >= 15 is 0 Å². The number of aromatic hydroxyl groups is 1. The molecule has 2 aromatic rings. The third-order valence-electron chi connectivity index (χ3n) is 4.11. The van der Waals surface area contributed by atoms with Gasteiger partial charge in [-0.1, -0.05) is 0 Å². The van der Waals surface area contributed by atoms with Gasteiger partial charge in [-0.2, -0.15) is 5.26 Å². The lowest BCUT2D eigenvalue weighted by Crippen LogP contribution is -1.99. The summed E-state index contributed by atoms with van der Waals surface area (Å²) in [6, 6.07) is 4.60. The van der Waals surface area contributed by atoms with Gasteiger partial charge in [-0.15, -0.1) is 11.3 Å². The van der Waals surface area contributed by atoms with Crippen LogP contribution in [0.3, 0.4) is 0 Å². The topological polar surface area (TPSA) is 109 Å². The fourth-order valence-electron chi connectivity index (χ4n) is 2.88. The average Bonchev–Trinajstić information content (AvgIpc) is 2.97. The summed E-state index contributed by atoms with van der Waals surface area (Å²) < 4.78 is 5.00. The van der Waals surface area contributed by atoms with Crippen LogP contribution < -0.4 is 4.74 Å². The zero-order valence-electron chi connectivity index (χ0n) is 13.5. The van der Waals surface area contributed by atoms with Gasteiger partial charge < -0.3 is 9.84 Å². The van der Waals surface area contributed by atoms with E-state index in [4.69, 9.17) is 4.74 Å². The van der Waals surface area contributed by atoms with Crippen molar-refractivity contribution >= 4 is 28.2 Å². The highest BCUT2D eigenvalue weighted by Gasteiger charge is 2.21. The first kappa shape index (κ1) is 16.9. The van der Waals surface area contributed by atoms with Gasteiger partial charge in [-0.3, -0.25) is 10.1 Å². The van der Waals surface area contributed by atoms with Crippen molar-refractivity contribution in [1.82, 2.24) is 0 Å². The number of hydrogen-bond acceptors (Lipinski definition) is 7. The number of benzene rings is 1. The van der Waals surface area contributed by atoms with Crippen molar-refractivity contribution in [3.05, 3.63) is 43.8 Å². The van der Waals surface area contributed by atoms with Crippen molar-refractivity contribution in [3.8, 4) is 17.6 Å². The molecule has 7 nitrogen and oxygen atoms in total. The fourth-order valence-corrected chi connectivity index (χ4v) is 4.07. The van der Waals surface area contributed by atoms with Gasteiger partial charge in [-0.25, -0.2) is 4.99 Å². The summed E-state index contributed by atoms with van der Waals surface area (Å²) in [6.07, 6.45) is 5.32. The number of methoxy groups -OCH3 is 1. The number of nitro groups is 1. The number of fused-ring (bicyclic) bond motifs is 1. The molecule has 0 atom stereocenters. The largest absolute Gasteiger partial charge is 0.504 e. The first-order valence-electron chi connectivity index (χ1n) is 7.69. The number of hydrogen-bond donors (Lipinski definition) is 1. The van der Waals surface area contributed by atoms with Gasteiger partial charge in [0.1, 0.15) is 11.1 Å². The smallest absolute Gasteiger partial charge is 0.282 e. The van der Waals surface area contributed by atoms with Crippen LogP contribution in [-0.2, 0) is 12.8 Å². The van der Waals surface area contributed by atoms with Crippen molar-refractivity contribution in [2.24, 2.45) is 4.99 Å². The summed E-state index contributed by atoms with van der Waals surface area (Å²) in [6.45, 7) is 0. The lowest BCUT2D eigenvalue weighted by atomic mass is 9.96. The molecule has 1 aromatic heterocycles. The Morgan fingerprint density at radius 3 is 2.88 bits per heavy atom. The molecule has 1 heterocycles. The number of aryl methyl sites for hydroxylation is 1. The van der Waals surface area contributed by atoms with Gasteiger partial charge in [0.05, 0.1) is 29.2 Å². The second kappa shape index (κ2) is 6.91. The molecule has 3 rings (SSSR count). The fraction of sp³-hybridized carbons (Fsp3) is 0.294. The number of phenolic OH excluding ortho intramolecular Hbond substituents is 1. The van der Waals surface area contributed by atoms with Crippen LogP contribution in [0.5, 0.6) is 11.5 Å². The van der Waals surface area contributed by atoms with Crippen LogP contribution in [0.4, 0.5) is 10.7 Å². The molecular formula is C17H15N3O4S. The molecular weight excluding hydrogens is 342 g/mol. The van der Waals surface area contributed by atoms with Crippen LogP contribution in [0.25, 0.3) is 0 Å². The summed E-state index contributed by atoms with van der Waals surface area (Å²) in [4.78, 5) is 16.1. The van der Waals surface area contributed by atoms with Crippen LogP contribution in [0.15, 0.2) is 17.1 Å². The Hall–Kier alpha value is -2.92. The van der Waals surface area contributed by atoms with Crippen LogP contribution in [-0.4, -0.2) is 23.4 Å². The molecule has 0 spiro atoms. The average molecular weight is 357 g/mol. The minimum absolute atomic E-state index is 0.123. The summed E-state index contributed by atoms with van der Waals surface area (Å²) in [5, 5.41) is 30.9. The van der Waals surface area contributed by atoms with E-state index in [1.807, 2.05) is 0 Å². The number of ether oxygens (including phenoxy) is 1. The second-order valence-electron chi connectivity index (χ2n) is 5.60. The molecule has 1 aromatic carbocycles. The molecule has 0 unspecified atom stereocenters. The Balaban J connectivity index is 2.04. The normalized spacial score (nSPS) is 13.4. The molecule has 1 N–H and O–H groups in total. The molecule has 1 aliphatic carbocycles. The monoisotopic (exact) mass is 357 g/mol. The van der Waals surface area contributed by atoms with Gasteiger partial charge in [0.2, 0.25) is 0 Å². The SMILES string of the molecule is COc1cc(C=Nc2sc3c(c2C#N)CCCC3)c([N+](=O)[O-])cc1O. The Kier molecular flexibility index (Phi) is 4.67. The van der Waals surface area contributed by atoms with Gasteiger partial charge in [0.25, 0.3) is 5.69 Å². The zero-order valence-corrected chi connectivity index (χ0v) is 14.3. The highest BCUT2D eigenvalue weighted by atomic mass is 32.1. The molecule has 0 aliphatic heterocycles.